The predicted molar refractivity (Wildman–Crippen MR) is 109 cm³/mol. The Hall–Kier alpha value is -0.570. The fourth-order valence-corrected chi connectivity index (χ4v) is 3.82. The van der Waals surface area contributed by atoms with Crippen LogP contribution in [0.4, 0.5) is 0 Å². The van der Waals surface area contributed by atoms with Gasteiger partial charge in [-0.1, -0.05) is 78.1 Å². The van der Waals surface area contributed by atoms with E-state index in [4.69, 9.17) is 9.90 Å². The first-order valence-electron chi connectivity index (χ1n) is 11.0. The van der Waals surface area contributed by atoms with Crippen LogP contribution < -0.4 is 0 Å². The van der Waals surface area contributed by atoms with E-state index in [1.165, 1.54) is 110 Å². The zero-order chi connectivity index (χ0) is 18.8. The second-order valence-electron chi connectivity index (χ2n) is 7.80. The fraction of sp³-hybridized carbons (Fsp3) is 0.955. The number of carboxylic acids is 1. The number of aliphatic carboxylic acids is 1. The molecule has 1 atom stereocenters. The Morgan fingerprint density at radius 2 is 1.44 bits per heavy atom. The Balaban J connectivity index is 0.00000129. The maximum absolute atomic E-state index is 9.00. The van der Waals surface area contributed by atoms with E-state index in [0.717, 1.165) is 12.8 Å². The van der Waals surface area contributed by atoms with Gasteiger partial charge in [0.2, 0.25) is 0 Å². The van der Waals surface area contributed by atoms with Crippen molar-refractivity contribution < 1.29 is 9.90 Å². The van der Waals surface area contributed by atoms with Gasteiger partial charge in [-0.15, -0.1) is 0 Å². The summed E-state index contributed by atoms with van der Waals surface area (Å²) in [6, 6.07) is 0. The average Bonchev–Trinajstić information content (AvgIpc) is 2.57. The number of carboxylic acid groups (broad SMARTS) is 1. The number of hydrogen-bond acceptors (Lipinski definition) is 2. The van der Waals surface area contributed by atoms with Gasteiger partial charge >= 0.3 is 0 Å². The van der Waals surface area contributed by atoms with Gasteiger partial charge in [0.05, 0.1) is 0 Å². The van der Waals surface area contributed by atoms with Gasteiger partial charge in [-0.25, -0.2) is 0 Å². The molecule has 1 rings (SSSR count). The molecule has 0 amide bonds. The minimum absolute atomic E-state index is 0.833. The summed E-state index contributed by atoms with van der Waals surface area (Å²) in [5.74, 6) is 0.173. The second-order valence-corrected chi connectivity index (χ2v) is 7.80. The summed E-state index contributed by atoms with van der Waals surface area (Å²) in [4.78, 5) is 11.7. The minimum atomic E-state index is -0.833. The monoisotopic (exact) mass is 355 g/mol. The Bertz CT molecular complexity index is 288. The van der Waals surface area contributed by atoms with Crippen LogP contribution in [0.2, 0.25) is 0 Å². The molecule has 1 unspecified atom stereocenters. The number of carbonyl (C=O) groups is 1. The summed E-state index contributed by atoms with van der Waals surface area (Å²) in [6.45, 7) is 9.85. The SMILES string of the molecule is CC(=O)O.CCCCCCCCCCCCN1CCCC(CCC)C1. The second kappa shape index (κ2) is 18.2. The lowest BCUT2D eigenvalue weighted by molar-refractivity contribution is -0.134. The fourth-order valence-electron chi connectivity index (χ4n) is 3.82. The van der Waals surface area contributed by atoms with Crippen molar-refractivity contribution in [2.45, 2.75) is 111 Å². The lowest BCUT2D eigenvalue weighted by Crippen LogP contribution is -2.35. The zero-order valence-corrected chi connectivity index (χ0v) is 17.4. The molecule has 1 saturated heterocycles. The van der Waals surface area contributed by atoms with Crippen molar-refractivity contribution in [1.82, 2.24) is 4.90 Å². The first-order valence-corrected chi connectivity index (χ1v) is 11.0. The first-order chi connectivity index (χ1) is 12.1. The molecule has 3 heteroatoms. The van der Waals surface area contributed by atoms with Gasteiger partial charge in [0.25, 0.3) is 5.97 Å². The number of hydrogen-bond donors (Lipinski definition) is 1. The molecule has 1 aliphatic heterocycles. The average molecular weight is 356 g/mol. The summed E-state index contributed by atoms with van der Waals surface area (Å²) in [5.41, 5.74) is 0. The third kappa shape index (κ3) is 18.0. The maximum Gasteiger partial charge on any atom is 0.300 e. The highest BCUT2D eigenvalue weighted by Crippen LogP contribution is 2.21. The van der Waals surface area contributed by atoms with Gasteiger partial charge in [-0.3, -0.25) is 4.79 Å². The van der Waals surface area contributed by atoms with Crippen molar-refractivity contribution in [2.75, 3.05) is 19.6 Å². The van der Waals surface area contributed by atoms with Crippen LogP contribution in [0.3, 0.4) is 0 Å². The van der Waals surface area contributed by atoms with E-state index in [9.17, 15) is 0 Å². The molecule has 0 aliphatic carbocycles. The van der Waals surface area contributed by atoms with E-state index in [1.54, 1.807) is 0 Å². The van der Waals surface area contributed by atoms with E-state index in [-0.39, 0.29) is 0 Å². The van der Waals surface area contributed by atoms with Crippen molar-refractivity contribution in [2.24, 2.45) is 5.92 Å². The van der Waals surface area contributed by atoms with E-state index >= 15 is 0 Å². The predicted octanol–water partition coefficient (Wildman–Crippen LogP) is 6.51. The quantitative estimate of drug-likeness (QED) is 0.383. The highest BCUT2D eigenvalue weighted by atomic mass is 16.4. The molecular weight excluding hydrogens is 310 g/mol. The summed E-state index contributed by atoms with van der Waals surface area (Å²) in [7, 11) is 0. The standard InChI is InChI=1S/C20H41N.C2H4O2/c1-3-5-6-7-8-9-10-11-12-13-17-21-18-14-16-20(19-21)15-4-2;1-2(3)4/h20H,3-19H2,1-2H3;1H3,(H,3,4). The van der Waals surface area contributed by atoms with Crippen LogP contribution in [0, 0.1) is 5.92 Å². The number of piperidine rings is 1. The molecule has 0 spiro atoms. The molecule has 1 N–H and O–H groups in total. The van der Waals surface area contributed by atoms with E-state index in [0.29, 0.717) is 0 Å². The van der Waals surface area contributed by atoms with E-state index in [1.807, 2.05) is 0 Å². The first kappa shape index (κ1) is 24.4. The lowest BCUT2D eigenvalue weighted by Gasteiger charge is -2.32. The molecule has 0 radical (unpaired) electrons. The molecular formula is C22H45NO2. The van der Waals surface area contributed by atoms with Crippen molar-refractivity contribution in [3.8, 4) is 0 Å². The molecule has 1 aliphatic rings. The molecule has 1 heterocycles. The third-order valence-electron chi connectivity index (χ3n) is 5.13. The van der Waals surface area contributed by atoms with Gasteiger partial charge in [0.15, 0.2) is 0 Å². The van der Waals surface area contributed by atoms with E-state index in [2.05, 4.69) is 18.7 Å². The highest BCUT2D eigenvalue weighted by Gasteiger charge is 2.18. The van der Waals surface area contributed by atoms with Crippen LogP contribution in [0.15, 0.2) is 0 Å². The molecule has 0 bridgehead atoms. The van der Waals surface area contributed by atoms with Crippen LogP contribution in [0.5, 0.6) is 0 Å². The molecule has 150 valence electrons. The minimum Gasteiger partial charge on any atom is -0.481 e. The summed E-state index contributed by atoms with van der Waals surface area (Å²) < 4.78 is 0. The summed E-state index contributed by atoms with van der Waals surface area (Å²) in [5, 5.41) is 7.42. The molecule has 0 aromatic rings. The van der Waals surface area contributed by atoms with E-state index < -0.39 is 5.97 Å². The van der Waals surface area contributed by atoms with Crippen molar-refractivity contribution in [1.29, 1.82) is 0 Å². The smallest absolute Gasteiger partial charge is 0.300 e. The van der Waals surface area contributed by atoms with Crippen LogP contribution in [-0.4, -0.2) is 35.6 Å². The maximum atomic E-state index is 9.00. The lowest BCUT2D eigenvalue weighted by atomic mass is 9.93. The molecule has 3 nitrogen and oxygen atoms in total. The van der Waals surface area contributed by atoms with Crippen molar-refractivity contribution in [3.05, 3.63) is 0 Å². The Kier molecular flexibility index (Phi) is 17.8. The van der Waals surface area contributed by atoms with Crippen LogP contribution in [-0.2, 0) is 4.79 Å². The summed E-state index contributed by atoms with van der Waals surface area (Å²) >= 11 is 0. The number of nitrogens with zero attached hydrogens (tertiary/aromatic N) is 1. The molecule has 25 heavy (non-hydrogen) atoms. The van der Waals surface area contributed by atoms with Gasteiger partial charge in [-0.2, -0.15) is 0 Å². The van der Waals surface area contributed by atoms with Crippen LogP contribution in [0.1, 0.15) is 111 Å². The molecule has 1 fully saturated rings. The number of unbranched alkanes of at least 4 members (excludes halogenated alkanes) is 9. The Labute approximate surface area is 157 Å². The molecule has 0 saturated carbocycles. The topological polar surface area (TPSA) is 40.5 Å². The third-order valence-corrected chi connectivity index (χ3v) is 5.13. The van der Waals surface area contributed by atoms with Gasteiger partial charge < -0.3 is 10.0 Å². The van der Waals surface area contributed by atoms with Crippen molar-refractivity contribution in [3.63, 3.8) is 0 Å². The normalized spacial score (nSPS) is 17.8. The Morgan fingerprint density at radius 1 is 0.920 bits per heavy atom. The van der Waals surface area contributed by atoms with Gasteiger partial charge in [0.1, 0.15) is 0 Å². The van der Waals surface area contributed by atoms with Gasteiger partial charge in [0, 0.05) is 13.5 Å². The van der Waals surface area contributed by atoms with Gasteiger partial charge in [-0.05, 0) is 44.7 Å². The van der Waals surface area contributed by atoms with Crippen LogP contribution in [0.25, 0.3) is 0 Å². The van der Waals surface area contributed by atoms with Crippen molar-refractivity contribution >= 4 is 5.97 Å². The highest BCUT2D eigenvalue weighted by molar-refractivity contribution is 5.62. The Morgan fingerprint density at radius 3 is 1.96 bits per heavy atom. The zero-order valence-electron chi connectivity index (χ0n) is 17.4. The van der Waals surface area contributed by atoms with Crippen LogP contribution >= 0.6 is 0 Å². The molecule has 0 aromatic carbocycles. The number of likely N-dealkylation sites (tertiary alicyclic amines) is 1. The summed E-state index contributed by atoms with van der Waals surface area (Å²) in [6.07, 6.45) is 20.3. The number of rotatable bonds is 13. The molecule has 0 aromatic heterocycles. The largest absolute Gasteiger partial charge is 0.481 e.